The first-order chi connectivity index (χ1) is 10.4. The largest absolute Gasteiger partial charge is 0.490 e. The fraction of sp³-hybridized carbons (Fsp3) is 0.765. The summed E-state index contributed by atoms with van der Waals surface area (Å²) in [4.78, 5) is 0. The van der Waals surface area contributed by atoms with E-state index in [1.165, 1.54) is 11.2 Å². The molecule has 0 aromatic rings. The molecule has 0 saturated carbocycles. The molecule has 0 amide bonds. The molecule has 5 heteroatoms. The van der Waals surface area contributed by atoms with Gasteiger partial charge in [0.05, 0.1) is 11.2 Å². The molecule has 3 rings (SSSR count). The Morgan fingerprint density at radius 2 is 1.64 bits per heavy atom. The van der Waals surface area contributed by atoms with E-state index in [1.807, 2.05) is 0 Å². The lowest BCUT2D eigenvalue weighted by atomic mass is 9.73. The summed E-state index contributed by atoms with van der Waals surface area (Å²) in [5, 5.41) is 3.66. The summed E-state index contributed by atoms with van der Waals surface area (Å²) in [5.74, 6) is 0. The molecule has 1 N–H and O–H groups in total. The standard InChI is InChI=1S/C17H28BNO3/c1-16(2)17(3,4)22-18(21-16)13-5-7-14(8-6-13)19-15-9-11-20-12-10-15/h5,7,15,19H,6,8-12H2,1-4H3. The van der Waals surface area contributed by atoms with Crippen molar-refractivity contribution >= 4 is 7.12 Å². The Balaban J connectivity index is 1.61. The maximum Gasteiger partial charge on any atom is 0.490 e. The first-order valence-electron chi connectivity index (χ1n) is 8.47. The molecule has 3 aliphatic rings. The Hall–Kier alpha value is -0.775. The van der Waals surface area contributed by atoms with Crippen LogP contribution in [0.4, 0.5) is 0 Å². The third-order valence-electron chi connectivity index (χ3n) is 5.35. The molecule has 122 valence electrons. The number of hydrogen-bond donors (Lipinski definition) is 1. The van der Waals surface area contributed by atoms with Crippen molar-refractivity contribution in [1.82, 2.24) is 5.32 Å². The summed E-state index contributed by atoms with van der Waals surface area (Å²) in [5.41, 5.74) is 2.05. The normalized spacial score (nSPS) is 28.3. The Labute approximate surface area is 134 Å². The lowest BCUT2D eigenvalue weighted by molar-refractivity contribution is 0.00578. The van der Waals surface area contributed by atoms with Gasteiger partial charge in [-0.15, -0.1) is 0 Å². The Morgan fingerprint density at radius 3 is 2.18 bits per heavy atom. The summed E-state index contributed by atoms with van der Waals surface area (Å²) in [6, 6.07) is 0.562. The highest BCUT2D eigenvalue weighted by atomic mass is 16.7. The first-order valence-corrected chi connectivity index (χ1v) is 8.47. The second-order valence-corrected chi connectivity index (χ2v) is 7.55. The van der Waals surface area contributed by atoms with E-state index in [2.05, 4.69) is 45.2 Å². The Morgan fingerprint density at radius 1 is 1.00 bits per heavy atom. The van der Waals surface area contributed by atoms with Crippen LogP contribution in [-0.2, 0) is 14.0 Å². The van der Waals surface area contributed by atoms with Crippen molar-refractivity contribution in [1.29, 1.82) is 0 Å². The van der Waals surface area contributed by atoms with Crippen molar-refractivity contribution in [2.75, 3.05) is 13.2 Å². The van der Waals surface area contributed by atoms with Crippen LogP contribution < -0.4 is 5.32 Å². The first kappa shape index (κ1) is 16.1. The van der Waals surface area contributed by atoms with Gasteiger partial charge in [-0.3, -0.25) is 0 Å². The van der Waals surface area contributed by atoms with Crippen LogP contribution in [0.3, 0.4) is 0 Å². The molecule has 4 nitrogen and oxygen atoms in total. The van der Waals surface area contributed by atoms with Crippen LogP contribution in [0, 0.1) is 0 Å². The zero-order chi connectivity index (χ0) is 15.8. The van der Waals surface area contributed by atoms with Crippen molar-refractivity contribution in [3.63, 3.8) is 0 Å². The van der Waals surface area contributed by atoms with Gasteiger partial charge in [0.15, 0.2) is 0 Å². The molecule has 0 aromatic heterocycles. The van der Waals surface area contributed by atoms with E-state index in [-0.39, 0.29) is 18.3 Å². The molecular formula is C17H28BNO3. The molecule has 2 heterocycles. The molecule has 0 spiro atoms. The topological polar surface area (TPSA) is 39.7 Å². The monoisotopic (exact) mass is 305 g/mol. The lowest BCUT2D eigenvalue weighted by Crippen LogP contribution is -2.41. The summed E-state index contributed by atoms with van der Waals surface area (Å²) >= 11 is 0. The second kappa shape index (κ2) is 6.02. The summed E-state index contributed by atoms with van der Waals surface area (Å²) in [7, 11) is -0.203. The van der Waals surface area contributed by atoms with Crippen molar-refractivity contribution in [2.45, 2.75) is 70.6 Å². The van der Waals surface area contributed by atoms with Crippen molar-refractivity contribution < 1.29 is 14.0 Å². The maximum atomic E-state index is 6.13. The smallest absolute Gasteiger partial charge is 0.400 e. The number of rotatable bonds is 3. The minimum absolute atomic E-state index is 0.203. The number of allylic oxidation sites excluding steroid dienone is 4. The van der Waals surface area contributed by atoms with Gasteiger partial charge in [0.25, 0.3) is 0 Å². The van der Waals surface area contributed by atoms with Gasteiger partial charge < -0.3 is 19.4 Å². The van der Waals surface area contributed by atoms with Gasteiger partial charge >= 0.3 is 7.12 Å². The molecule has 0 aromatic carbocycles. The second-order valence-electron chi connectivity index (χ2n) is 7.55. The third kappa shape index (κ3) is 3.26. The average Bonchev–Trinajstić information content (AvgIpc) is 2.69. The van der Waals surface area contributed by atoms with Gasteiger partial charge in [-0.1, -0.05) is 6.08 Å². The summed E-state index contributed by atoms with van der Waals surface area (Å²) in [6.45, 7) is 10.2. The third-order valence-corrected chi connectivity index (χ3v) is 5.35. The zero-order valence-corrected chi connectivity index (χ0v) is 14.3. The van der Waals surface area contributed by atoms with Crippen LogP contribution in [0.25, 0.3) is 0 Å². The fourth-order valence-electron chi connectivity index (χ4n) is 3.07. The van der Waals surface area contributed by atoms with Gasteiger partial charge in [0.2, 0.25) is 0 Å². The SMILES string of the molecule is CC1(C)OB(C2=CC=C(NC3CCOCC3)CC2)OC1(C)C. The molecule has 1 aliphatic carbocycles. The van der Waals surface area contributed by atoms with Gasteiger partial charge in [-0.2, -0.15) is 0 Å². The molecule has 0 bridgehead atoms. The number of ether oxygens (including phenoxy) is 1. The highest BCUT2D eigenvalue weighted by Gasteiger charge is 2.52. The van der Waals surface area contributed by atoms with Crippen LogP contribution in [0.15, 0.2) is 23.3 Å². The van der Waals surface area contributed by atoms with Crippen LogP contribution in [0.5, 0.6) is 0 Å². The molecule has 2 fully saturated rings. The molecule has 0 atom stereocenters. The van der Waals surface area contributed by atoms with Crippen LogP contribution >= 0.6 is 0 Å². The lowest BCUT2D eigenvalue weighted by Gasteiger charge is -2.32. The molecule has 0 unspecified atom stereocenters. The molecule has 2 saturated heterocycles. The minimum atomic E-state index is -0.261. The van der Waals surface area contributed by atoms with Crippen LogP contribution in [0.1, 0.15) is 53.4 Å². The van der Waals surface area contributed by atoms with E-state index in [0.29, 0.717) is 6.04 Å². The number of nitrogens with one attached hydrogen (secondary N) is 1. The molecular weight excluding hydrogens is 277 g/mol. The molecule has 2 aliphatic heterocycles. The van der Waals surface area contributed by atoms with Gasteiger partial charge in [-0.25, -0.2) is 0 Å². The number of hydrogen-bond acceptors (Lipinski definition) is 4. The fourth-order valence-corrected chi connectivity index (χ4v) is 3.07. The quantitative estimate of drug-likeness (QED) is 0.814. The van der Waals surface area contributed by atoms with Crippen LogP contribution in [-0.4, -0.2) is 37.6 Å². The van der Waals surface area contributed by atoms with E-state index < -0.39 is 0 Å². The van der Waals surface area contributed by atoms with E-state index in [0.717, 1.165) is 38.9 Å². The predicted molar refractivity (Wildman–Crippen MR) is 88.5 cm³/mol. The average molecular weight is 305 g/mol. The maximum absolute atomic E-state index is 6.13. The summed E-state index contributed by atoms with van der Waals surface area (Å²) in [6.07, 6.45) is 8.61. The van der Waals surface area contributed by atoms with Crippen molar-refractivity contribution in [2.24, 2.45) is 0 Å². The predicted octanol–water partition coefficient (Wildman–Crippen LogP) is 2.99. The minimum Gasteiger partial charge on any atom is -0.400 e. The van der Waals surface area contributed by atoms with Gasteiger partial charge in [0, 0.05) is 25.0 Å². The Bertz CT molecular complexity index is 462. The van der Waals surface area contributed by atoms with E-state index in [9.17, 15) is 0 Å². The molecule has 22 heavy (non-hydrogen) atoms. The molecule has 0 radical (unpaired) electrons. The van der Waals surface area contributed by atoms with Crippen LogP contribution in [0.2, 0.25) is 0 Å². The highest BCUT2D eigenvalue weighted by molar-refractivity contribution is 6.54. The van der Waals surface area contributed by atoms with Gasteiger partial charge in [-0.05, 0) is 64.9 Å². The highest BCUT2D eigenvalue weighted by Crippen LogP contribution is 2.39. The van der Waals surface area contributed by atoms with Crippen molar-refractivity contribution in [3.05, 3.63) is 23.3 Å². The Kier molecular flexibility index (Phi) is 4.41. The van der Waals surface area contributed by atoms with E-state index in [4.69, 9.17) is 14.0 Å². The summed E-state index contributed by atoms with van der Waals surface area (Å²) < 4.78 is 17.7. The van der Waals surface area contributed by atoms with Crippen molar-refractivity contribution in [3.8, 4) is 0 Å². The van der Waals surface area contributed by atoms with E-state index >= 15 is 0 Å². The van der Waals surface area contributed by atoms with E-state index in [1.54, 1.807) is 0 Å². The zero-order valence-electron chi connectivity index (χ0n) is 14.3. The van der Waals surface area contributed by atoms with Gasteiger partial charge in [0.1, 0.15) is 0 Å².